The van der Waals surface area contributed by atoms with Crippen LogP contribution in [-0.4, -0.2) is 33.3 Å². The maximum Gasteiger partial charge on any atom is 0.215 e. The van der Waals surface area contributed by atoms with Crippen molar-refractivity contribution in [3.63, 3.8) is 0 Å². The van der Waals surface area contributed by atoms with Crippen molar-refractivity contribution in [3.8, 4) is 0 Å². The molecule has 1 saturated heterocycles. The lowest BCUT2D eigenvalue weighted by molar-refractivity contribution is 0.252. The zero-order valence-corrected chi connectivity index (χ0v) is 11.5. The summed E-state index contributed by atoms with van der Waals surface area (Å²) in [6.45, 7) is 10.3. The number of sulfonamides is 1. The van der Waals surface area contributed by atoms with Crippen LogP contribution in [0.1, 0.15) is 34.1 Å². The Kier molecular flexibility index (Phi) is 4.37. The summed E-state index contributed by atoms with van der Waals surface area (Å²) >= 11 is 0. The van der Waals surface area contributed by atoms with Crippen LogP contribution in [0, 0.1) is 11.3 Å². The molecule has 0 aromatic rings. The Morgan fingerprint density at radius 3 is 2.50 bits per heavy atom. The van der Waals surface area contributed by atoms with Crippen LogP contribution in [0.25, 0.3) is 0 Å². The summed E-state index contributed by atoms with van der Waals surface area (Å²) in [6, 6.07) is 0. The molecule has 16 heavy (non-hydrogen) atoms. The van der Waals surface area contributed by atoms with Gasteiger partial charge in [0.15, 0.2) is 0 Å². The van der Waals surface area contributed by atoms with Gasteiger partial charge in [-0.15, -0.1) is 0 Å². The Labute approximate surface area is 99.2 Å². The molecule has 1 heterocycles. The minimum absolute atomic E-state index is 0.000890. The highest BCUT2D eigenvalue weighted by molar-refractivity contribution is 7.90. The SMILES string of the molecule is CC(C)C(C)(C)CNS(=O)(=O)C1CCNC1. The van der Waals surface area contributed by atoms with Gasteiger partial charge in [0, 0.05) is 13.1 Å². The van der Waals surface area contributed by atoms with Crippen molar-refractivity contribution in [2.24, 2.45) is 11.3 Å². The first kappa shape index (κ1) is 13.9. The van der Waals surface area contributed by atoms with Gasteiger partial charge < -0.3 is 5.32 Å². The standard InChI is InChI=1S/C11H24N2O2S/c1-9(2)11(3,4)8-13-16(14,15)10-5-6-12-7-10/h9-10,12-13H,5-8H2,1-4H3. The smallest absolute Gasteiger partial charge is 0.215 e. The summed E-state index contributed by atoms with van der Waals surface area (Å²) in [6.07, 6.45) is 0.720. The van der Waals surface area contributed by atoms with Crippen molar-refractivity contribution in [2.75, 3.05) is 19.6 Å². The van der Waals surface area contributed by atoms with Gasteiger partial charge in [-0.1, -0.05) is 27.7 Å². The third kappa shape index (κ3) is 3.43. The van der Waals surface area contributed by atoms with Gasteiger partial charge in [-0.25, -0.2) is 13.1 Å². The van der Waals surface area contributed by atoms with Crippen molar-refractivity contribution in [1.29, 1.82) is 0 Å². The van der Waals surface area contributed by atoms with Crippen LogP contribution < -0.4 is 10.0 Å². The maximum atomic E-state index is 12.0. The van der Waals surface area contributed by atoms with Gasteiger partial charge in [-0.05, 0) is 24.3 Å². The van der Waals surface area contributed by atoms with E-state index in [1.165, 1.54) is 0 Å². The van der Waals surface area contributed by atoms with Gasteiger partial charge in [0.25, 0.3) is 0 Å². The molecule has 96 valence electrons. The summed E-state index contributed by atoms with van der Waals surface area (Å²) in [7, 11) is -3.14. The highest BCUT2D eigenvalue weighted by atomic mass is 32.2. The molecule has 1 atom stereocenters. The lowest BCUT2D eigenvalue weighted by Gasteiger charge is -2.29. The van der Waals surface area contributed by atoms with Crippen LogP contribution in [0.3, 0.4) is 0 Å². The van der Waals surface area contributed by atoms with Crippen LogP contribution in [-0.2, 0) is 10.0 Å². The van der Waals surface area contributed by atoms with E-state index in [-0.39, 0.29) is 10.7 Å². The lowest BCUT2D eigenvalue weighted by atomic mass is 9.81. The molecular weight excluding hydrogens is 224 g/mol. The van der Waals surface area contributed by atoms with E-state index in [0.717, 1.165) is 13.0 Å². The molecule has 1 unspecified atom stereocenters. The minimum Gasteiger partial charge on any atom is -0.315 e. The third-order valence-corrected chi connectivity index (χ3v) is 5.57. The molecule has 0 aromatic carbocycles. The summed E-state index contributed by atoms with van der Waals surface area (Å²) in [4.78, 5) is 0. The molecule has 0 aromatic heterocycles. The van der Waals surface area contributed by atoms with Gasteiger partial charge in [0.2, 0.25) is 10.0 Å². The Morgan fingerprint density at radius 2 is 2.06 bits per heavy atom. The van der Waals surface area contributed by atoms with Crippen molar-refractivity contribution >= 4 is 10.0 Å². The normalized spacial score (nSPS) is 22.9. The van der Waals surface area contributed by atoms with Crippen molar-refractivity contribution in [1.82, 2.24) is 10.0 Å². The molecular formula is C11H24N2O2S. The van der Waals surface area contributed by atoms with Crippen LogP contribution in [0.2, 0.25) is 0 Å². The second kappa shape index (κ2) is 5.02. The predicted molar refractivity (Wildman–Crippen MR) is 66.8 cm³/mol. The first-order valence-corrected chi connectivity index (χ1v) is 7.49. The zero-order chi connectivity index (χ0) is 12.4. The quantitative estimate of drug-likeness (QED) is 0.761. The molecule has 0 amide bonds. The number of nitrogens with one attached hydrogen (secondary N) is 2. The van der Waals surface area contributed by atoms with E-state index in [2.05, 4.69) is 37.7 Å². The monoisotopic (exact) mass is 248 g/mol. The fourth-order valence-electron chi connectivity index (χ4n) is 1.50. The van der Waals surface area contributed by atoms with E-state index in [4.69, 9.17) is 0 Å². The second-order valence-electron chi connectivity index (χ2n) is 5.62. The van der Waals surface area contributed by atoms with E-state index >= 15 is 0 Å². The van der Waals surface area contributed by atoms with Gasteiger partial charge >= 0.3 is 0 Å². The summed E-state index contributed by atoms with van der Waals surface area (Å²) in [5.74, 6) is 0.455. The molecule has 5 heteroatoms. The first-order valence-electron chi connectivity index (χ1n) is 5.95. The number of rotatable bonds is 5. The average molecular weight is 248 g/mol. The number of hydrogen-bond donors (Lipinski definition) is 2. The van der Waals surface area contributed by atoms with Crippen molar-refractivity contribution < 1.29 is 8.42 Å². The Morgan fingerprint density at radius 1 is 1.44 bits per heavy atom. The molecule has 0 aliphatic carbocycles. The molecule has 2 N–H and O–H groups in total. The third-order valence-electron chi connectivity index (χ3n) is 3.75. The van der Waals surface area contributed by atoms with E-state index < -0.39 is 10.0 Å². The highest BCUT2D eigenvalue weighted by Crippen LogP contribution is 2.25. The Balaban J connectivity index is 2.54. The minimum atomic E-state index is -3.14. The molecule has 0 spiro atoms. The maximum absolute atomic E-state index is 12.0. The van der Waals surface area contributed by atoms with E-state index in [0.29, 0.717) is 19.0 Å². The average Bonchev–Trinajstić information content (AvgIpc) is 2.68. The van der Waals surface area contributed by atoms with Crippen LogP contribution in [0.4, 0.5) is 0 Å². The molecule has 1 rings (SSSR count). The molecule has 4 nitrogen and oxygen atoms in total. The van der Waals surface area contributed by atoms with Gasteiger partial charge in [-0.3, -0.25) is 0 Å². The number of hydrogen-bond acceptors (Lipinski definition) is 3. The molecule has 1 fully saturated rings. The van der Waals surface area contributed by atoms with Crippen LogP contribution in [0.5, 0.6) is 0 Å². The van der Waals surface area contributed by atoms with Gasteiger partial charge in [0.1, 0.15) is 0 Å². The second-order valence-corrected chi connectivity index (χ2v) is 7.67. The topological polar surface area (TPSA) is 58.2 Å². The molecule has 0 bridgehead atoms. The summed E-state index contributed by atoms with van der Waals surface area (Å²) in [5, 5.41) is 2.82. The van der Waals surface area contributed by atoms with E-state index in [1.54, 1.807) is 0 Å². The predicted octanol–water partition coefficient (Wildman–Crippen LogP) is 0.950. The fraction of sp³-hybridized carbons (Fsp3) is 1.00. The first-order chi connectivity index (χ1) is 7.26. The lowest BCUT2D eigenvalue weighted by Crippen LogP contribution is -2.42. The van der Waals surface area contributed by atoms with Crippen molar-refractivity contribution in [2.45, 2.75) is 39.4 Å². The Hall–Kier alpha value is -0.130. The van der Waals surface area contributed by atoms with Crippen LogP contribution in [0.15, 0.2) is 0 Å². The summed E-state index contributed by atoms with van der Waals surface area (Å²) in [5.41, 5.74) is -0.000890. The molecule has 1 aliphatic rings. The molecule has 0 saturated carbocycles. The molecule has 0 radical (unpaired) electrons. The van der Waals surface area contributed by atoms with Crippen LogP contribution >= 0.6 is 0 Å². The highest BCUT2D eigenvalue weighted by Gasteiger charge is 2.31. The Bertz CT molecular complexity index is 317. The van der Waals surface area contributed by atoms with Gasteiger partial charge in [0.05, 0.1) is 5.25 Å². The fourth-order valence-corrected chi connectivity index (χ4v) is 3.08. The zero-order valence-electron chi connectivity index (χ0n) is 10.7. The van der Waals surface area contributed by atoms with E-state index in [9.17, 15) is 8.42 Å². The molecule has 1 aliphatic heterocycles. The summed E-state index contributed by atoms with van der Waals surface area (Å²) < 4.78 is 26.7. The van der Waals surface area contributed by atoms with Gasteiger partial charge in [-0.2, -0.15) is 0 Å². The van der Waals surface area contributed by atoms with Crippen molar-refractivity contribution in [3.05, 3.63) is 0 Å². The van der Waals surface area contributed by atoms with E-state index in [1.807, 2.05) is 0 Å². The largest absolute Gasteiger partial charge is 0.315 e.